The lowest BCUT2D eigenvalue weighted by Gasteiger charge is -2.20. The summed E-state index contributed by atoms with van der Waals surface area (Å²) in [6.45, 7) is 3.49. The van der Waals surface area contributed by atoms with Crippen molar-refractivity contribution in [1.82, 2.24) is 9.97 Å². The molecule has 0 aromatic carbocycles. The van der Waals surface area contributed by atoms with E-state index in [1.54, 1.807) is 20.3 Å². The second-order valence-corrected chi connectivity index (χ2v) is 3.40. The van der Waals surface area contributed by atoms with E-state index in [2.05, 4.69) is 9.97 Å². The van der Waals surface area contributed by atoms with Crippen LogP contribution >= 0.6 is 11.6 Å². The van der Waals surface area contributed by atoms with Crippen molar-refractivity contribution in [3.8, 4) is 11.8 Å². The number of aromatic nitrogens is 2. The molecule has 1 aromatic rings. The standard InChI is InChI=1S/C10H16ClN3O2/c1-4-14(6-5-11)10-12-8(15-2)7-9(13-10)16-3/h7H,4-6H2,1-3H3. The lowest BCUT2D eigenvalue weighted by molar-refractivity contribution is 0.371. The Balaban J connectivity index is 3.00. The second-order valence-electron chi connectivity index (χ2n) is 3.02. The van der Waals surface area contributed by atoms with Gasteiger partial charge in [-0.2, -0.15) is 9.97 Å². The number of halogens is 1. The van der Waals surface area contributed by atoms with Crippen LogP contribution in [0.2, 0.25) is 0 Å². The maximum atomic E-state index is 5.71. The van der Waals surface area contributed by atoms with Gasteiger partial charge in [-0.1, -0.05) is 0 Å². The highest BCUT2D eigenvalue weighted by Gasteiger charge is 2.11. The summed E-state index contributed by atoms with van der Waals surface area (Å²) >= 11 is 5.71. The highest BCUT2D eigenvalue weighted by Crippen LogP contribution is 2.19. The van der Waals surface area contributed by atoms with Gasteiger partial charge in [0, 0.05) is 19.0 Å². The lowest BCUT2D eigenvalue weighted by Crippen LogP contribution is -2.27. The molecule has 0 aliphatic carbocycles. The van der Waals surface area contributed by atoms with E-state index in [0.29, 0.717) is 30.1 Å². The number of methoxy groups -OCH3 is 2. The van der Waals surface area contributed by atoms with Crippen LogP contribution in [-0.2, 0) is 0 Å². The van der Waals surface area contributed by atoms with Gasteiger partial charge in [0.05, 0.1) is 20.3 Å². The van der Waals surface area contributed by atoms with Gasteiger partial charge in [-0.3, -0.25) is 0 Å². The van der Waals surface area contributed by atoms with Gasteiger partial charge in [-0.25, -0.2) is 0 Å². The highest BCUT2D eigenvalue weighted by atomic mass is 35.5. The maximum absolute atomic E-state index is 5.71. The molecule has 1 heterocycles. The highest BCUT2D eigenvalue weighted by molar-refractivity contribution is 6.18. The zero-order valence-corrected chi connectivity index (χ0v) is 10.5. The van der Waals surface area contributed by atoms with E-state index in [4.69, 9.17) is 21.1 Å². The summed E-state index contributed by atoms with van der Waals surface area (Å²) in [4.78, 5) is 10.4. The normalized spacial score (nSPS) is 10.0. The first-order valence-corrected chi connectivity index (χ1v) is 5.56. The molecule has 0 saturated carbocycles. The van der Waals surface area contributed by atoms with Gasteiger partial charge >= 0.3 is 0 Å². The molecule has 0 unspecified atom stereocenters. The second kappa shape index (κ2) is 6.37. The van der Waals surface area contributed by atoms with E-state index in [1.807, 2.05) is 11.8 Å². The van der Waals surface area contributed by atoms with Crippen LogP contribution in [0.5, 0.6) is 11.8 Å². The van der Waals surface area contributed by atoms with Gasteiger partial charge in [0.25, 0.3) is 0 Å². The van der Waals surface area contributed by atoms with Crippen LogP contribution < -0.4 is 14.4 Å². The van der Waals surface area contributed by atoms with Crippen molar-refractivity contribution in [1.29, 1.82) is 0 Å². The molecule has 0 N–H and O–H groups in total. The summed E-state index contributed by atoms with van der Waals surface area (Å²) in [6.07, 6.45) is 0. The summed E-state index contributed by atoms with van der Waals surface area (Å²) in [5.74, 6) is 2.06. The minimum Gasteiger partial charge on any atom is -0.481 e. The third kappa shape index (κ3) is 3.13. The van der Waals surface area contributed by atoms with E-state index in [1.165, 1.54) is 0 Å². The molecule has 0 radical (unpaired) electrons. The molecule has 0 spiro atoms. The number of nitrogens with zero attached hydrogens (tertiary/aromatic N) is 3. The maximum Gasteiger partial charge on any atom is 0.232 e. The zero-order chi connectivity index (χ0) is 12.0. The molecule has 6 heteroatoms. The van der Waals surface area contributed by atoms with Crippen LogP contribution in [0.15, 0.2) is 6.07 Å². The smallest absolute Gasteiger partial charge is 0.232 e. The Morgan fingerprint density at radius 1 is 1.25 bits per heavy atom. The Labute approximate surface area is 100 Å². The van der Waals surface area contributed by atoms with Gasteiger partial charge in [0.15, 0.2) is 0 Å². The minimum absolute atomic E-state index is 0.481. The minimum atomic E-state index is 0.481. The number of alkyl halides is 1. The van der Waals surface area contributed by atoms with Crippen LogP contribution in [0.25, 0.3) is 0 Å². The Hall–Kier alpha value is -1.23. The third-order valence-corrected chi connectivity index (χ3v) is 2.27. The SMILES string of the molecule is CCN(CCCl)c1nc(OC)cc(OC)n1. The Morgan fingerprint density at radius 2 is 1.81 bits per heavy atom. The van der Waals surface area contributed by atoms with Gasteiger partial charge in [-0.05, 0) is 6.92 Å². The lowest BCUT2D eigenvalue weighted by atomic mass is 10.5. The fourth-order valence-electron chi connectivity index (χ4n) is 1.24. The van der Waals surface area contributed by atoms with E-state index in [-0.39, 0.29) is 0 Å². The van der Waals surface area contributed by atoms with Crippen LogP contribution in [0.4, 0.5) is 5.95 Å². The molecule has 16 heavy (non-hydrogen) atoms. The van der Waals surface area contributed by atoms with Crippen molar-refractivity contribution in [2.24, 2.45) is 0 Å². The van der Waals surface area contributed by atoms with Crippen LogP contribution in [0.3, 0.4) is 0 Å². The summed E-state index contributed by atoms with van der Waals surface area (Å²) in [5, 5.41) is 0. The Kier molecular flexibility index (Phi) is 5.11. The number of hydrogen-bond acceptors (Lipinski definition) is 5. The molecule has 90 valence electrons. The van der Waals surface area contributed by atoms with Gasteiger partial charge in [0.2, 0.25) is 17.7 Å². The monoisotopic (exact) mass is 245 g/mol. The zero-order valence-electron chi connectivity index (χ0n) is 9.73. The molecular weight excluding hydrogens is 230 g/mol. The van der Waals surface area contributed by atoms with E-state index in [9.17, 15) is 0 Å². The molecule has 0 aliphatic rings. The summed E-state index contributed by atoms with van der Waals surface area (Å²) < 4.78 is 10.2. The fourth-order valence-corrected chi connectivity index (χ4v) is 1.45. The van der Waals surface area contributed by atoms with Crippen molar-refractivity contribution in [2.75, 3.05) is 38.1 Å². The Morgan fingerprint density at radius 3 is 2.19 bits per heavy atom. The van der Waals surface area contributed by atoms with E-state index >= 15 is 0 Å². The van der Waals surface area contributed by atoms with Gasteiger partial charge in [0.1, 0.15) is 0 Å². The number of hydrogen-bond donors (Lipinski definition) is 0. The van der Waals surface area contributed by atoms with Crippen LogP contribution in [-0.4, -0.2) is 43.2 Å². The largest absolute Gasteiger partial charge is 0.481 e. The number of rotatable bonds is 6. The number of ether oxygens (including phenoxy) is 2. The first-order valence-electron chi connectivity index (χ1n) is 5.03. The van der Waals surface area contributed by atoms with Crippen molar-refractivity contribution in [3.63, 3.8) is 0 Å². The average molecular weight is 246 g/mol. The summed E-state index contributed by atoms with van der Waals surface area (Å²) in [7, 11) is 3.12. The molecule has 0 bridgehead atoms. The molecule has 0 atom stereocenters. The molecule has 1 aromatic heterocycles. The predicted octanol–water partition coefficient (Wildman–Crippen LogP) is 1.56. The summed E-state index contributed by atoms with van der Waals surface area (Å²) in [5.41, 5.74) is 0. The quantitative estimate of drug-likeness (QED) is 0.712. The molecular formula is C10H16ClN3O2. The average Bonchev–Trinajstić information content (AvgIpc) is 2.35. The van der Waals surface area contributed by atoms with Crippen LogP contribution in [0, 0.1) is 0 Å². The van der Waals surface area contributed by atoms with Crippen molar-refractivity contribution in [2.45, 2.75) is 6.92 Å². The Bertz CT molecular complexity index is 314. The number of anilines is 1. The van der Waals surface area contributed by atoms with Crippen molar-refractivity contribution in [3.05, 3.63) is 6.07 Å². The fraction of sp³-hybridized carbons (Fsp3) is 0.600. The molecule has 5 nitrogen and oxygen atoms in total. The van der Waals surface area contributed by atoms with E-state index < -0.39 is 0 Å². The molecule has 0 fully saturated rings. The topological polar surface area (TPSA) is 47.5 Å². The van der Waals surface area contributed by atoms with Crippen molar-refractivity contribution < 1.29 is 9.47 Å². The molecule has 0 saturated heterocycles. The molecule has 0 amide bonds. The van der Waals surface area contributed by atoms with Crippen LogP contribution in [0.1, 0.15) is 6.92 Å². The van der Waals surface area contributed by atoms with E-state index in [0.717, 1.165) is 6.54 Å². The first kappa shape index (κ1) is 12.8. The van der Waals surface area contributed by atoms with Gasteiger partial charge in [-0.15, -0.1) is 11.6 Å². The molecule has 0 aliphatic heterocycles. The summed E-state index contributed by atoms with van der Waals surface area (Å²) in [6, 6.07) is 1.64. The van der Waals surface area contributed by atoms with Crippen molar-refractivity contribution >= 4 is 17.5 Å². The third-order valence-electron chi connectivity index (χ3n) is 2.10. The molecule has 1 rings (SSSR count). The predicted molar refractivity (Wildman–Crippen MR) is 63.7 cm³/mol. The van der Waals surface area contributed by atoms with Gasteiger partial charge < -0.3 is 14.4 Å². The first-order chi connectivity index (χ1) is 7.74.